The Bertz CT molecular complexity index is 786. The molecule has 2 aliphatic heterocycles. The summed E-state index contributed by atoms with van der Waals surface area (Å²) in [5, 5.41) is 2.73. The third kappa shape index (κ3) is 3.83. The Morgan fingerprint density at radius 1 is 1.36 bits per heavy atom. The first-order valence-corrected chi connectivity index (χ1v) is 10.6. The molecule has 0 aliphatic carbocycles. The molecule has 25 heavy (non-hydrogen) atoms. The smallest absolute Gasteiger partial charge is 0.309 e. The molecule has 7 nitrogen and oxygen atoms in total. The Kier molecular flexibility index (Phi) is 5.35. The van der Waals surface area contributed by atoms with Crippen LogP contribution >= 0.6 is 11.8 Å². The fraction of sp³-hybridized carbons (Fsp3) is 0.500. The van der Waals surface area contributed by atoms with Gasteiger partial charge in [0.2, 0.25) is 15.9 Å². The van der Waals surface area contributed by atoms with Crippen LogP contribution < -0.4 is 5.32 Å². The van der Waals surface area contributed by atoms with E-state index in [2.05, 4.69) is 5.32 Å². The quantitative estimate of drug-likeness (QED) is 0.794. The number of amides is 1. The lowest BCUT2D eigenvalue weighted by molar-refractivity contribution is -0.149. The number of carbonyl (C=O) groups excluding carboxylic acids is 2. The summed E-state index contributed by atoms with van der Waals surface area (Å²) in [6.45, 7) is 2.69. The maximum atomic E-state index is 12.9. The number of nitrogens with one attached hydrogen (secondary N) is 1. The van der Waals surface area contributed by atoms with Crippen molar-refractivity contribution < 1.29 is 22.7 Å². The number of hydrogen-bond donors (Lipinski definition) is 1. The van der Waals surface area contributed by atoms with E-state index in [1.54, 1.807) is 19.1 Å². The zero-order valence-corrected chi connectivity index (χ0v) is 15.5. The average Bonchev–Trinajstić information content (AvgIpc) is 2.61. The van der Waals surface area contributed by atoms with Crippen LogP contribution in [0.25, 0.3) is 0 Å². The van der Waals surface area contributed by atoms with Gasteiger partial charge in [-0.2, -0.15) is 4.31 Å². The van der Waals surface area contributed by atoms with Crippen molar-refractivity contribution >= 4 is 39.3 Å². The highest BCUT2D eigenvalue weighted by atomic mass is 32.2. The van der Waals surface area contributed by atoms with Crippen LogP contribution in [-0.4, -0.2) is 50.0 Å². The molecule has 2 aliphatic rings. The molecule has 0 aromatic heterocycles. The number of thioether (sulfide) groups is 1. The van der Waals surface area contributed by atoms with Crippen molar-refractivity contribution in [3.63, 3.8) is 0 Å². The van der Waals surface area contributed by atoms with Gasteiger partial charge in [0, 0.05) is 18.0 Å². The van der Waals surface area contributed by atoms with Gasteiger partial charge >= 0.3 is 5.97 Å². The summed E-state index contributed by atoms with van der Waals surface area (Å²) in [6.07, 6.45) is 0.932. The Labute approximate surface area is 151 Å². The van der Waals surface area contributed by atoms with E-state index in [4.69, 9.17) is 4.74 Å². The van der Waals surface area contributed by atoms with Crippen LogP contribution in [0, 0.1) is 5.92 Å². The van der Waals surface area contributed by atoms with E-state index in [1.807, 2.05) is 0 Å². The summed E-state index contributed by atoms with van der Waals surface area (Å²) >= 11 is 1.33. The van der Waals surface area contributed by atoms with Crippen LogP contribution in [-0.2, 0) is 24.3 Å². The molecule has 9 heteroatoms. The lowest BCUT2D eigenvalue weighted by Crippen LogP contribution is -2.40. The number of sulfonamides is 1. The van der Waals surface area contributed by atoms with E-state index in [0.29, 0.717) is 38.2 Å². The van der Waals surface area contributed by atoms with Crippen molar-refractivity contribution in [1.29, 1.82) is 0 Å². The number of esters is 1. The maximum absolute atomic E-state index is 12.9. The van der Waals surface area contributed by atoms with Crippen LogP contribution in [0.5, 0.6) is 0 Å². The molecule has 1 fully saturated rings. The molecule has 1 aromatic carbocycles. The zero-order chi connectivity index (χ0) is 18.0. The largest absolute Gasteiger partial charge is 0.466 e. The minimum absolute atomic E-state index is 0.0888. The van der Waals surface area contributed by atoms with Crippen LogP contribution in [0.15, 0.2) is 28.0 Å². The topological polar surface area (TPSA) is 92.8 Å². The second kappa shape index (κ2) is 7.35. The number of anilines is 1. The fourth-order valence-corrected chi connectivity index (χ4v) is 5.37. The molecule has 0 atom stereocenters. The lowest BCUT2D eigenvalue weighted by atomic mass is 9.98. The second-order valence-electron chi connectivity index (χ2n) is 5.93. The summed E-state index contributed by atoms with van der Waals surface area (Å²) in [6, 6.07) is 4.74. The van der Waals surface area contributed by atoms with Gasteiger partial charge in [-0.15, -0.1) is 11.8 Å². The average molecular weight is 384 g/mol. The van der Waals surface area contributed by atoms with Gasteiger partial charge < -0.3 is 10.1 Å². The fourth-order valence-electron chi connectivity index (χ4n) is 2.96. The predicted octanol–water partition coefficient (Wildman–Crippen LogP) is 1.69. The van der Waals surface area contributed by atoms with E-state index in [9.17, 15) is 18.0 Å². The third-order valence-electron chi connectivity index (χ3n) is 4.30. The minimum atomic E-state index is -3.62. The molecule has 0 spiro atoms. The molecule has 0 bridgehead atoms. The minimum Gasteiger partial charge on any atom is -0.466 e. The van der Waals surface area contributed by atoms with E-state index >= 15 is 0 Å². The summed E-state index contributed by atoms with van der Waals surface area (Å²) in [4.78, 5) is 24.1. The van der Waals surface area contributed by atoms with Crippen LogP contribution in [0.1, 0.15) is 19.8 Å². The van der Waals surface area contributed by atoms with Gasteiger partial charge in [0.15, 0.2) is 0 Å². The van der Waals surface area contributed by atoms with Gasteiger partial charge in [-0.25, -0.2) is 8.42 Å². The summed E-state index contributed by atoms with van der Waals surface area (Å²) in [5.74, 6) is -0.295. The molecule has 0 radical (unpaired) electrons. The number of piperidine rings is 1. The molecule has 1 N–H and O–H groups in total. The van der Waals surface area contributed by atoms with Gasteiger partial charge in [0.1, 0.15) is 0 Å². The van der Waals surface area contributed by atoms with Gasteiger partial charge in [-0.1, -0.05) is 0 Å². The van der Waals surface area contributed by atoms with E-state index in [0.717, 1.165) is 4.90 Å². The second-order valence-corrected chi connectivity index (χ2v) is 8.88. The molecule has 3 rings (SSSR count). The van der Waals surface area contributed by atoms with E-state index < -0.39 is 10.0 Å². The van der Waals surface area contributed by atoms with E-state index in [-0.39, 0.29) is 28.4 Å². The Balaban J connectivity index is 1.73. The molecular weight excluding hydrogens is 364 g/mol. The summed E-state index contributed by atoms with van der Waals surface area (Å²) < 4.78 is 32.1. The molecule has 0 saturated carbocycles. The molecule has 136 valence electrons. The number of benzene rings is 1. The third-order valence-corrected chi connectivity index (χ3v) is 7.25. The summed E-state index contributed by atoms with van der Waals surface area (Å²) in [5.41, 5.74) is 0.640. The van der Waals surface area contributed by atoms with Crippen molar-refractivity contribution in [2.75, 3.05) is 30.8 Å². The Hall–Kier alpha value is -1.58. The number of rotatable bonds is 4. The van der Waals surface area contributed by atoms with Crippen molar-refractivity contribution in [1.82, 2.24) is 4.31 Å². The predicted molar refractivity (Wildman–Crippen MR) is 93.9 cm³/mol. The molecule has 1 aromatic rings. The van der Waals surface area contributed by atoms with Crippen molar-refractivity contribution in [2.24, 2.45) is 5.92 Å². The molecular formula is C16H20N2O5S2. The van der Waals surface area contributed by atoms with E-state index in [1.165, 1.54) is 22.1 Å². The standard InChI is InChI=1S/C16H20N2O5S2/c1-2-23-16(20)11-5-7-18(8-6-11)25(21,22)12-3-4-13-14(9-12)24-10-15(19)17-13/h3-4,9,11H,2,5-8,10H2,1H3,(H,17,19). The van der Waals surface area contributed by atoms with Crippen molar-refractivity contribution in [3.05, 3.63) is 18.2 Å². The first-order valence-electron chi connectivity index (χ1n) is 8.15. The van der Waals surface area contributed by atoms with Gasteiger partial charge in [0.25, 0.3) is 0 Å². The number of carbonyl (C=O) groups is 2. The normalized spacial score (nSPS) is 19.2. The van der Waals surface area contributed by atoms with Gasteiger partial charge in [0.05, 0.1) is 28.9 Å². The van der Waals surface area contributed by atoms with Crippen molar-refractivity contribution in [3.8, 4) is 0 Å². The SMILES string of the molecule is CCOC(=O)C1CCN(S(=O)(=O)c2ccc3c(c2)SCC(=O)N3)CC1. The maximum Gasteiger partial charge on any atom is 0.309 e. The van der Waals surface area contributed by atoms with Gasteiger partial charge in [-0.3, -0.25) is 9.59 Å². The number of nitrogens with zero attached hydrogens (tertiary/aromatic N) is 1. The number of hydrogen-bond acceptors (Lipinski definition) is 6. The summed E-state index contributed by atoms with van der Waals surface area (Å²) in [7, 11) is -3.62. The first kappa shape index (κ1) is 18.2. The molecule has 2 heterocycles. The highest BCUT2D eigenvalue weighted by Crippen LogP contribution is 2.34. The van der Waals surface area contributed by atoms with Crippen LogP contribution in [0.3, 0.4) is 0 Å². The first-order chi connectivity index (χ1) is 11.9. The highest BCUT2D eigenvalue weighted by Gasteiger charge is 2.33. The van der Waals surface area contributed by atoms with Crippen LogP contribution in [0.2, 0.25) is 0 Å². The molecule has 1 saturated heterocycles. The lowest BCUT2D eigenvalue weighted by Gasteiger charge is -2.30. The Morgan fingerprint density at radius 3 is 2.76 bits per heavy atom. The Morgan fingerprint density at radius 2 is 2.08 bits per heavy atom. The zero-order valence-electron chi connectivity index (χ0n) is 13.9. The van der Waals surface area contributed by atoms with Gasteiger partial charge in [-0.05, 0) is 38.0 Å². The number of ether oxygens (including phenoxy) is 1. The monoisotopic (exact) mass is 384 g/mol. The molecule has 0 unspecified atom stereocenters. The highest BCUT2D eigenvalue weighted by molar-refractivity contribution is 8.00. The van der Waals surface area contributed by atoms with Crippen LogP contribution in [0.4, 0.5) is 5.69 Å². The number of fused-ring (bicyclic) bond motifs is 1. The molecule has 1 amide bonds. The van der Waals surface area contributed by atoms with Crippen molar-refractivity contribution in [2.45, 2.75) is 29.6 Å².